The van der Waals surface area contributed by atoms with Crippen LogP contribution in [0.5, 0.6) is 0 Å². The van der Waals surface area contributed by atoms with Gasteiger partial charge in [0.25, 0.3) is 0 Å². The van der Waals surface area contributed by atoms with Crippen molar-refractivity contribution >= 4 is 57.0 Å². The Bertz CT molecular complexity index is 1610. The van der Waals surface area contributed by atoms with Crippen LogP contribution in [-0.2, 0) is 6.42 Å². The van der Waals surface area contributed by atoms with Crippen LogP contribution in [0.25, 0.3) is 10.8 Å². The lowest BCUT2D eigenvalue weighted by Gasteiger charge is -2.10. The topological polar surface area (TPSA) is 87.5 Å². The Balaban J connectivity index is 1.33. The first-order valence-electron chi connectivity index (χ1n) is 11.7. The van der Waals surface area contributed by atoms with Crippen LogP contribution in [0.1, 0.15) is 11.1 Å². The second kappa shape index (κ2) is 11.0. The summed E-state index contributed by atoms with van der Waals surface area (Å²) in [5.41, 5.74) is 5.33. The van der Waals surface area contributed by atoms with Gasteiger partial charge in [0.1, 0.15) is 0 Å². The van der Waals surface area contributed by atoms with Crippen LogP contribution in [0, 0.1) is 6.92 Å². The highest BCUT2D eigenvalue weighted by Gasteiger charge is 2.08. The molecule has 0 saturated heterocycles. The van der Waals surface area contributed by atoms with E-state index in [2.05, 4.69) is 54.5 Å². The van der Waals surface area contributed by atoms with E-state index >= 15 is 0 Å². The smallest absolute Gasteiger partial charge is 0.233 e. The molecular formula is C29H24ClN7. The lowest BCUT2D eigenvalue weighted by Crippen LogP contribution is -2.04. The van der Waals surface area contributed by atoms with Gasteiger partial charge in [-0.1, -0.05) is 54.6 Å². The van der Waals surface area contributed by atoms with Crippen molar-refractivity contribution in [2.45, 2.75) is 13.3 Å². The van der Waals surface area contributed by atoms with Gasteiger partial charge in [0.15, 0.2) is 0 Å². The van der Waals surface area contributed by atoms with Gasteiger partial charge in [0.05, 0.1) is 11.4 Å². The molecule has 0 atom stereocenters. The number of azo groups is 1. The van der Waals surface area contributed by atoms with Crippen LogP contribution >= 0.6 is 11.6 Å². The fourth-order valence-electron chi connectivity index (χ4n) is 3.91. The van der Waals surface area contributed by atoms with Gasteiger partial charge in [0.2, 0.25) is 17.2 Å². The molecule has 8 heteroatoms. The second-order valence-corrected chi connectivity index (χ2v) is 8.73. The second-order valence-electron chi connectivity index (χ2n) is 8.39. The van der Waals surface area contributed by atoms with Crippen molar-refractivity contribution in [3.8, 4) is 0 Å². The summed E-state index contributed by atoms with van der Waals surface area (Å²) in [6.45, 7) is 5.77. The average Bonchev–Trinajstić information content (AvgIpc) is 2.88. The third-order valence-corrected chi connectivity index (χ3v) is 5.83. The van der Waals surface area contributed by atoms with Gasteiger partial charge in [-0.25, -0.2) is 0 Å². The summed E-state index contributed by atoms with van der Waals surface area (Å²) in [5.74, 6) is 0.671. The molecule has 0 radical (unpaired) electrons. The number of aryl methyl sites for hydroxylation is 1. The van der Waals surface area contributed by atoms with Crippen molar-refractivity contribution in [2.75, 3.05) is 10.6 Å². The van der Waals surface area contributed by atoms with E-state index in [-0.39, 0.29) is 5.28 Å². The predicted octanol–water partition coefficient (Wildman–Crippen LogP) is 8.62. The molecule has 182 valence electrons. The SMILES string of the molecule is C=CCc1cccc(Nc2nc(Cl)nc(Nc3ccc(N=Nc4cccc5ccccc45)c(C)c3)n2)c1. The number of nitrogens with one attached hydrogen (secondary N) is 2. The molecule has 0 amide bonds. The van der Waals surface area contributed by atoms with E-state index in [1.165, 1.54) is 0 Å². The highest BCUT2D eigenvalue weighted by molar-refractivity contribution is 6.28. The van der Waals surface area contributed by atoms with E-state index in [9.17, 15) is 0 Å². The average molecular weight is 506 g/mol. The Labute approximate surface area is 220 Å². The lowest BCUT2D eigenvalue weighted by molar-refractivity contribution is 1.06. The molecule has 4 aromatic carbocycles. The van der Waals surface area contributed by atoms with Gasteiger partial charge in [-0.05, 0) is 77.9 Å². The van der Waals surface area contributed by atoms with Crippen molar-refractivity contribution in [3.63, 3.8) is 0 Å². The van der Waals surface area contributed by atoms with E-state index < -0.39 is 0 Å². The molecule has 0 spiro atoms. The normalized spacial score (nSPS) is 11.1. The molecule has 37 heavy (non-hydrogen) atoms. The highest BCUT2D eigenvalue weighted by Crippen LogP contribution is 2.30. The summed E-state index contributed by atoms with van der Waals surface area (Å²) in [5, 5.41) is 17.6. The molecule has 0 aliphatic heterocycles. The Morgan fingerprint density at radius 3 is 2.27 bits per heavy atom. The minimum atomic E-state index is 0.0828. The molecule has 0 fully saturated rings. The standard InChI is InChI=1S/C29H24ClN7/c1-3-8-20-9-6-12-22(18-20)31-28-33-27(30)34-29(35-28)32-23-15-16-25(19(2)17-23)36-37-26-14-7-11-21-10-4-5-13-24(21)26/h3-7,9-18H,1,8H2,2H3,(H2,31,32,33,34,35). The Morgan fingerprint density at radius 2 is 1.49 bits per heavy atom. The molecule has 5 rings (SSSR count). The van der Waals surface area contributed by atoms with E-state index in [0.717, 1.165) is 51.1 Å². The summed E-state index contributed by atoms with van der Waals surface area (Å²) < 4.78 is 0. The summed E-state index contributed by atoms with van der Waals surface area (Å²) in [6.07, 6.45) is 2.64. The van der Waals surface area contributed by atoms with Crippen molar-refractivity contribution in [2.24, 2.45) is 10.2 Å². The molecule has 7 nitrogen and oxygen atoms in total. The van der Waals surface area contributed by atoms with Crippen LogP contribution in [0.3, 0.4) is 0 Å². The van der Waals surface area contributed by atoms with E-state index in [4.69, 9.17) is 11.6 Å². The highest BCUT2D eigenvalue weighted by atomic mass is 35.5. The predicted molar refractivity (Wildman–Crippen MR) is 151 cm³/mol. The van der Waals surface area contributed by atoms with E-state index in [0.29, 0.717) is 11.9 Å². The summed E-state index contributed by atoms with van der Waals surface area (Å²) in [4.78, 5) is 12.9. The first-order chi connectivity index (χ1) is 18.1. The molecular weight excluding hydrogens is 482 g/mol. The third-order valence-electron chi connectivity index (χ3n) is 5.66. The fraction of sp³-hybridized carbons (Fsp3) is 0.0690. The van der Waals surface area contributed by atoms with Crippen molar-refractivity contribution in [1.29, 1.82) is 0 Å². The van der Waals surface area contributed by atoms with Gasteiger partial charge < -0.3 is 10.6 Å². The molecule has 0 aliphatic rings. The summed E-state index contributed by atoms with van der Waals surface area (Å²) >= 11 is 6.18. The van der Waals surface area contributed by atoms with Gasteiger partial charge in [0, 0.05) is 16.8 Å². The molecule has 0 bridgehead atoms. The molecule has 1 heterocycles. The van der Waals surface area contributed by atoms with Crippen molar-refractivity contribution in [1.82, 2.24) is 15.0 Å². The summed E-state index contributed by atoms with van der Waals surface area (Å²) in [7, 11) is 0. The molecule has 1 aromatic heterocycles. The van der Waals surface area contributed by atoms with E-state index in [1.54, 1.807) is 0 Å². The largest absolute Gasteiger partial charge is 0.324 e. The van der Waals surface area contributed by atoms with Crippen LogP contribution in [-0.4, -0.2) is 15.0 Å². The Morgan fingerprint density at radius 1 is 0.784 bits per heavy atom. The van der Waals surface area contributed by atoms with Crippen molar-refractivity contribution in [3.05, 3.63) is 114 Å². The number of allylic oxidation sites excluding steroid dienone is 1. The van der Waals surface area contributed by atoms with Gasteiger partial charge in [-0.2, -0.15) is 20.1 Å². The van der Waals surface area contributed by atoms with Crippen LogP contribution in [0.2, 0.25) is 5.28 Å². The number of hydrogen-bond donors (Lipinski definition) is 2. The maximum absolute atomic E-state index is 6.18. The van der Waals surface area contributed by atoms with E-state index in [1.807, 2.05) is 85.8 Å². The van der Waals surface area contributed by atoms with Gasteiger partial charge >= 0.3 is 0 Å². The molecule has 0 saturated carbocycles. The van der Waals surface area contributed by atoms with Gasteiger partial charge in [-0.3, -0.25) is 0 Å². The van der Waals surface area contributed by atoms with Gasteiger partial charge in [-0.15, -0.1) is 11.7 Å². The number of nitrogens with zero attached hydrogens (tertiary/aromatic N) is 5. The molecule has 5 aromatic rings. The number of anilines is 4. The lowest BCUT2D eigenvalue weighted by atomic mass is 10.1. The number of fused-ring (bicyclic) bond motifs is 1. The maximum atomic E-state index is 6.18. The quantitative estimate of drug-likeness (QED) is 0.163. The first-order valence-corrected chi connectivity index (χ1v) is 12.1. The monoisotopic (exact) mass is 505 g/mol. The zero-order chi connectivity index (χ0) is 25.6. The zero-order valence-electron chi connectivity index (χ0n) is 20.2. The Hall–Kier alpha value is -4.62. The van der Waals surface area contributed by atoms with Crippen LogP contribution < -0.4 is 10.6 Å². The zero-order valence-corrected chi connectivity index (χ0v) is 20.9. The Kier molecular flexibility index (Phi) is 7.14. The minimum absolute atomic E-state index is 0.0828. The van der Waals surface area contributed by atoms with Crippen LogP contribution in [0.4, 0.5) is 34.6 Å². The number of aromatic nitrogens is 3. The summed E-state index contributed by atoms with van der Waals surface area (Å²) in [6, 6.07) is 27.8. The maximum Gasteiger partial charge on any atom is 0.233 e. The molecule has 0 aliphatic carbocycles. The number of benzene rings is 4. The number of rotatable bonds is 8. The van der Waals surface area contributed by atoms with Crippen molar-refractivity contribution < 1.29 is 0 Å². The number of hydrogen-bond acceptors (Lipinski definition) is 7. The number of halogens is 1. The minimum Gasteiger partial charge on any atom is -0.324 e. The molecule has 0 unspecified atom stereocenters. The first kappa shape index (κ1) is 24.1. The van der Waals surface area contributed by atoms with Crippen LogP contribution in [0.15, 0.2) is 108 Å². The molecule has 2 N–H and O–H groups in total. The fourth-order valence-corrected chi connectivity index (χ4v) is 4.07. The third kappa shape index (κ3) is 5.97.